The van der Waals surface area contributed by atoms with Gasteiger partial charge in [-0.05, 0) is 68.0 Å². The maximum Gasteiger partial charge on any atom is 0.270 e. The molecule has 2 aliphatic rings. The monoisotopic (exact) mass is 652 g/mol. The molecule has 246 valence electrons. The number of rotatable bonds is 11. The van der Waals surface area contributed by atoms with Crippen LogP contribution in [0.25, 0.3) is 0 Å². The fourth-order valence-electron chi connectivity index (χ4n) is 6.10. The molecular formula is C32H41FN8O4S. The van der Waals surface area contributed by atoms with Gasteiger partial charge in [-0.3, -0.25) is 23.9 Å². The third-order valence-corrected chi connectivity index (χ3v) is 9.37. The minimum atomic E-state index is -0.918. The van der Waals surface area contributed by atoms with E-state index in [-0.39, 0.29) is 23.9 Å². The van der Waals surface area contributed by atoms with E-state index in [2.05, 4.69) is 30.3 Å². The van der Waals surface area contributed by atoms with E-state index >= 15 is 4.39 Å². The van der Waals surface area contributed by atoms with E-state index in [4.69, 9.17) is 0 Å². The van der Waals surface area contributed by atoms with E-state index in [0.29, 0.717) is 49.5 Å². The van der Waals surface area contributed by atoms with Crippen LogP contribution in [0.1, 0.15) is 65.4 Å². The van der Waals surface area contributed by atoms with Gasteiger partial charge in [-0.15, -0.1) is 0 Å². The first-order valence-corrected chi connectivity index (χ1v) is 16.7. The minimum Gasteiger partial charge on any atom is -0.340 e. The summed E-state index contributed by atoms with van der Waals surface area (Å²) in [5.41, 5.74) is 1.16. The summed E-state index contributed by atoms with van der Waals surface area (Å²) < 4.78 is 21.1. The maximum atomic E-state index is 15.5. The number of halogens is 1. The summed E-state index contributed by atoms with van der Waals surface area (Å²) in [6, 6.07) is 4.20. The zero-order chi connectivity index (χ0) is 32.6. The van der Waals surface area contributed by atoms with Gasteiger partial charge in [-0.2, -0.15) is 5.10 Å². The van der Waals surface area contributed by atoms with Crippen LogP contribution in [0.15, 0.2) is 42.0 Å². The molecule has 0 spiro atoms. The molecule has 1 aliphatic heterocycles. The van der Waals surface area contributed by atoms with Gasteiger partial charge >= 0.3 is 0 Å². The maximum absolute atomic E-state index is 15.5. The van der Waals surface area contributed by atoms with Crippen LogP contribution < -0.4 is 16.0 Å². The van der Waals surface area contributed by atoms with Crippen molar-refractivity contribution in [2.75, 3.05) is 38.5 Å². The molecule has 3 N–H and O–H groups in total. The lowest BCUT2D eigenvalue weighted by Gasteiger charge is -2.34. The molecular weight excluding hydrogens is 611 g/mol. The number of carbonyl (C=O) groups is 4. The van der Waals surface area contributed by atoms with Gasteiger partial charge in [0.05, 0.1) is 17.4 Å². The quantitative estimate of drug-likeness (QED) is 0.289. The smallest absolute Gasteiger partial charge is 0.270 e. The normalized spacial score (nSPS) is 17.2. The van der Waals surface area contributed by atoms with E-state index in [1.54, 1.807) is 33.3 Å². The Labute approximate surface area is 271 Å². The largest absolute Gasteiger partial charge is 0.340 e. The third kappa shape index (κ3) is 8.15. The molecule has 0 unspecified atom stereocenters. The van der Waals surface area contributed by atoms with Gasteiger partial charge in [0.25, 0.3) is 11.8 Å². The van der Waals surface area contributed by atoms with Gasteiger partial charge in [-0.1, -0.05) is 25.3 Å². The van der Waals surface area contributed by atoms with Crippen molar-refractivity contribution in [1.29, 1.82) is 0 Å². The Kier molecular flexibility index (Phi) is 11.1. The van der Waals surface area contributed by atoms with Crippen molar-refractivity contribution in [2.24, 2.45) is 5.92 Å². The summed E-state index contributed by atoms with van der Waals surface area (Å²) in [5, 5.41) is 14.2. The molecule has 4 amide bonds. The standard InChI is InChI=1S/C32H41FN8O4S/c1-3-41-27(11-12-34-41)30(43)38-28(22-7-5-4-6-8-22)31(44)36-25-10-9-21(17-24(25)33)18-26(37-29(42)23-19-35-46-20-23)32(45)40-15-13-39(2)14-16-40/h9-12,17,19-20,22,26,28H,3-8,13-16,18H2,1-2H3,(H,36,44)(H,37,42)(H,38,43)/t26-,28+/m1/s1. The Morgan fingerprint density at radius 3 is 2.46 bits per heavy atom. The van der Waals surface area contributed by atoms with Gasteiger partial charge in [0.15, 0.2) is 0 Å². The highest BCUT2D eigenvalue weighted by molar-refractivity contribution is 7.03. The van der Waals surface area contributed by atoms with Crippen LogP contribution in [0.4, 0.5) is 10.1 Å². The van der Waals surface area contributed by atoms with Gasteiger partial charge in [0, 0.05) is 50.7 Å². The zero-order valence-electron chi connectivity index (χ0n) is 26.2. The summed E-state index contributed by atoms with van der Waals surface area (Å²) in [7, 11) is 1.99. The molecule has 3 aromatic rings. The number of hydrogen-bond donors (Lipinski definition) is 3. The number of carbonyl (C=O) groups excluding carboxylic acids is 4. The predicted octanol–water partition coefficient (Wildman–Crippen LogP) is 2.93. The zero-order valence-corrected chi connectivity index (χ0v) is 27.0. The Bertz CT molecular complexity index is 1520. The van der Waals surface area contributed by atoms with Crippen molar-refractivity contribution in [2.45, 2.75) is 64.1 Å². The molecule has 14 heteroatoms. The lowest BCUT2D eigenvalue weighted by molar-refractivity contribution is -0.134. The van der Waals surface area contributed by atoms with E-state index in [1.165, 1.54) is 18.3 Å². The second-order valence-electron chi connectivity index (χ2n) is 12.0. The topological polar surface area (TPSA) is 142 Å². The first-order valence-electron chi connectivity index (χ1n) is 15.8. The fraction of sp³-hybridized carbons (Fsp3) is 0.500. The number of amides is 4. The highest BCUT2D eigenvalue weighted by Crippen LogP contribution is 2.28. The van der Waals surface area contributed by atoms with Crippen molar-refractivity contribution < 1.29 is 23.6 Å². The van der Waals surface area contributed by atoms with Crippen LogP contribution in [-0.2, 0) is 22.6 Å². The number of nitrogens with one attached hydrogen (secondary N) is 3. The van der Waals surface area contributed by atoms with Crippen LogP contribution in [0.2, 0.25) is 0 Å². The number of nitrogens with zero attached hydrogens (tertiary/aromatic N) is 5. The van der Waals surface area contributed by atoms with Crippen LogP contribution in [-0.4, -0.2) is 92.9 Å². The fourth-order valence-corrected chi connectivity index (χ4v) is 6.61. The number of likely N-dealkylation sites (N-methyl/N-ethyl adjacent to an activating group) is 1. The summed E-state index contributed by atoms with van der Waals surface area (Å²) in [5.74, 6) is -2.32. The molecule has 0 radical (unpaired) electrons. The average molecular weight is 653 g/mol. The summed E-state index contributed by atoms with van der Waals surface area (Å²) >= 11 is 1.14. The second-order valence-corrected chi connectivity index (χ2v) is 12.6. The van der Waals surface area contributed by atoms with Crippen molar-refractivity contribution in [3.63, 3.8) is 0 Å². The number of anilines is 1. The van der Waals surface area contributed by atoms with Gasteiger partial charge in [-0.25, -0.2) is 8.76 Å². The highest BCUT2D eigenvalue weighted by atomic mass is 32.1. The van der Waals surface area contributed by atoms with Gasteiger partial charge in [0.1, 0.15) is 23.6 Å². The molecule has 1 aliphatic carbocycles. The molecule has 1 aromatic carbocycles. The molecule has 2 fully saturated rings. The Morgan fingerprint density at radius 1 is 1.02 bits per heavy atom. The van der Waals surface area contributed by atoms with Gasteiger partial charge < -0.3 is 25.8 Å². The van der Waals surface area contributed by atoms with E-state index < -0.39 is 35.6 Å². The molecule has 0 bridgehead atoms. The Morgan fingerprint density at radius 2 is 1.78 bits per heavy atom. The Hall–Kier alpha value is -4.17. The van der Waals surface area contributed by atoms with E-state index in [9.17, 15) is 19.2 Å². The second kappa shape index (κ2) is 15.4. The Balaban J connectivity index is 1.30. The third-order valence-electron chi connectivity index (χ3n) is 8.78. The number of benzene rings is 1. The van der Waals surface area contributed by atoms with Crippen LogP contribution in [0.5, 0.6) is 0 Å². The molecule has 5 rings (SSSR count). The van der Waals surface area contributed by atoms with E-state index in [1.807, 2.05) is 14.0 Å². The van der Waals surface area contributed by atoms with Crippen molar-refractivity contribution in [1.82, 2.24) is 34.6 Å². The molecule has 2 aromatic heterocycles. The van der Waals surface area contributed by atoms with Crippen molar-refractivity contribution >= 4 is 40.8 Å². The molecule has 46 heavy (non-hydrogen) atoms. The lowest BCUT2D eigenvalue weighted by atomic mass is 9.83. The predicted molar refractivity (Wildman–Crippen MR) is 172 cm³/mol. The summed E-state index contributed by atoms with van der Waals surface area (Å²) in [4.78, 5) is 57.0. The first kappa shape index (κ1) is 33.2. The highest BCUT2D eigenvalue weighted by Gasteiger charge is 2.33. The SMILES string of the molecule is CCn1nccc1C(=O)N[C@H](C(=O)Nc1ccc(C[C@@H](NC(=O)c2cnsc2)C(=O)N2CCN(C)CC2)cc1F)C1CCCCC1. The molecule has 1 saturated carbocycles. The number of aryl methyl sites for hydroxylation is 1. The molecule has 12 nitrogen and oxygen atoms in total. The lowest BCUT2D eigenvalue weighted by Crippen LogP contribution is -2.55. The summed E-state index contributed by atoms with van der Waals surface area (Å²) in [6.45, 7) is 4.87. The molecule has 3 heterocycles. The molecule has 2 atom stereocenters. The van der Waals surface area contributed by atoms with Crippen molar-refractivity contribution in [3.8, 4) is 0 Å². The first-order chi connectivity index (χ1) is 22.2. The van der Waals surface area contributed by atoms with Crippen LogP contribution in [0, 0.1) is 11.7 Å². The average Bonchev–Trinajstić information content (AvgIpc) is 3.78. The van der Waals surface area contributed by atoms with E-state index in [0.717, 1.165) is 43.6 Å². The number of aromatic nitrogens is 3. The van der Waals surface area contributed by atoms with Crippen molar-refractivity contribution in [3.05, 3.63) is 64.7 Å². The number of piperazine rings is 1. The van der Waals surface area contributed by atoms with Crippen LogP contribution >= 0.6 is 11.5 Å². The molecule has 1 saturated heterocycles. The van der Waals surface area contributed by atoms with Crippen LogP contribution in [0.3, 0.4) is 0 Å². The number of hydrogen-bond acceptors (Lipinski definition) is 8. The van der Waals surface area contributed by atoms with Gasteiger partial charge in [0.2, 0.25) is 11.8 Å². The summed E-state index contributed by atoms with van der Waals surface area (Å²) in [6.07, 6.45) is 7.58. The minimum absolute atomic E-state index is 0.0299.